The number of carbonyl (C=O) groups is 1. The molecule has 8 nitrogen and oxygen atoms in total. The van der Waals surface area contributed by atoms with Crippen molar-refractivity contribution in [3.05, 3.63) is 18.2 Å². The van der Waals surface area contributed by atoms with Crippen LogP contribution in [0.3, 0.4) is 0 Å². The Bertz CT molecular complexity index is 753. The van der Waals surface area contributed by atoms with E-state index in [0.29, 0.717) is 24.7 Å². The molecule has 3 rings (SSSR count). The van der Waals surface area contributed by atoms with Gasteiger partial charge in [0.1, 0.15) is 0 Å². The molecule has 1 unspecified atom stereocenters. The molecule has 27 heavy (non-hydrogen) atoms. The molecular weight excluding hydrogens is 394 g/mol. The van der Waals surface area contributed by atoms with Gasteiger partial charge in [-0.1, -0.05) is 0 Å². The Labute approximate surface area is 165 Å². The third-order valence-corrected chi connectivity index (χ3v) is 5.98. The molecule has 0 saturated carbocycles. The second-order valence-corrected chi connectivity index (χ2v) is 8.25. The van der Waals surface area contributed by atoms with Crippen molar-refractivity contribution in [2.24, 2.45) is 0 Å². The van der Waals surface area contributed by atoms with Crippen LogP contribution < -0.4 is 24.8 Å². The van der Waals surface area contributed by atoms with E-state index >= 15 is 0 Å². The van der Waals surface area contributed by atoms with Crippen molar-refractivity contribution in [2.75, 3.05) is 26.3 Å². The maximum atomic E-state index is 12.6. The van der Waals surface area contributed by atoms with Crippen LogP contribution in [0.5, 0.6) is 11.5 Å². The molecule has 0 spiro atoms. The highest BCUT2D eigenvalue weighted by molar-refractivity contribution is 7.89. The molecule has 0 bridgehead atoms. The number of hydrogen-bond acceptors (Lipinski definition) is 6. The molecule has 1 aromatic carbocycles. The minimum atomic E-state index is -3.85. The first-order valence-corrected chi connectivity index (χ1v) is 10.4. The van der Waals surface area contributed by atoms with Gasteiger partial charge in [-0.25, -0.2) is 8.42 Å². The van der Waals surface area contributed by atoms with Crippen LogP contribution in [0, 0.1) is 0 Å². The van der Waals surface area contributed by atoms with Crippen molar-refractivity contribution < 1.29 is 22.7 Å². The van der Waals surface area contributed by atoms with E-state index in [9.17, 15) is 13.2 Å². The Morgan fingerprint density at radius 3 is 2.56 bits per heavy atom. The molecule has 1 amide bonds. The minimum absolute atomic E-state index is 0. The van der Waals surface area contributed by atoms with E-state index in [0.717, 1.165) is 32.4 Å². The van der Waals surface area contributed by atoms with Crippen LogP contribution in [0.2, 0.25) is 0 Å². The standard InChI is InChI=1S/C17H25N3O5S.ClH/c1-12(17(21)19-13-5-7-18-8-6-13)20-26(22,23)14-3-4-15-16(11-14)25-10-2-9-24-15;/h3-4,11-13,18,20H,2,5-10H2,1H3,(H,19,21);1H. The van der Waals surface area contributed by atoms with Crippen LogP contribution in [0.4, 0.5) is 0 Å². The maximum absolute atomic E-state index is 12.6. The molecule has 1 fully saturated rings. The van der Waals surface area contributed by atoms with Crippen molar-refractivity contribution in [3.63, 3.8) is 0 Å². The van der Waals surface area contributed by atoms with Gasteiger partial charge in [0.2, 0.25) is 15.9 Å². The topological polar surface area (TPSA) is 106 Å². The first kappa shape index (κ1) is 21.7. The largest absolute Gasteiger partial charge is 0.490 e. The van der Waals surface area contributed by atoms with Gasteiger partial charge in [-0.3, -0.25) is 4.79 Å². The number of ether oxygens (including phenoxy) is 2. The lowest BCUT2D eigenvalue weighted by molar-refractivity contribution is -0.123. The number of carbonyl (C=O) groups excluding carboxylic acids is 1. The van der Waals surface area contributed by atoms with Crippen molar-refractivity contribution in [1.82, 2.24) is 15.4 Å². The molecule has 2 aliphatic heterocycles. The van der Waals surface area contributed by atoms with Crippen LogP contribution in [-0.4, -0.2) is 52.7 Å². The average Bonchev–Trinajstić information content (AvgIpc) is 2.87. The smallest absolute Gasteiger partial charge is 0.241 e. The van der Waals surface area contributed by atoms with Crippen molar-refractivity contribution in [3.8, 4) is 11.5 Å². The van der Waals surface area contributed by atoms with E-state index in [4.69, 9.17) is 9.47 Å². The molecule has 1 aromatic rings. The van der Waals surface area contributed by atoms with Crippen LogP contribution in [-0.2, 0) is 14.8 Å². The van der Waals surface area contributed by atoms with E-state index in [1.165, 1.54) is 19.1 Å². The molecule has 10 heteroatoms. The van der Waals surface area contributed by atoms with Gasteiger partial charge in [0.05, 0.1) is 24.2 Å². The summed E-state index contributed by atoms with van der Waals surface area (Å²) < 4.78 is 38.7. The van der Waals surface area contributed by atoms with Gasteiger partial charge in [0, 0.05) is 18.5 Å². The van der Waals surface area contributed by atoms with Crippen LogP contribution in [0.1, 0.15) is 26.2 Å². The molecule has 0 aromatic heterocycles. The Balaban J connectivity index is 0.00000261. The molecule has 0 aliphatic carbocycles. The number of fused-ring (bicyclic) bond motifs is 1. The van der Waals surface area contributed by atoms with E-state index < -0.39 is 16.1 Å². The number of amides is 1. The average molecular weight is 420 g/mol. The van der Waals surface area contributed by atoms with Gasteiger partial charge in [0.15, 0.2) is 11.5 Å². The molecule has 2 heterocycles. The number of nitrogens with one attached hydrogen (secondary N) is 3. The molecule has 3 N–H and O–H groups in total. The predicted octanol–water partition coefficient (Wildman–Crippen LogP) is 0.805. The molecule has 1 saturated heterocycles. The van der Waals surface area contributed by atoms with Crippen molar-refractivity contribution >= 4 is 28.3 Å². The quantitative estimate of drug-likeness (QED) is 0.652. The zero-order chi connectivity index (χ0) is 18.6. The highest BCUT2D eigenvalue weighted by Crippen LogP contribution is 2.31. The number of rotatable bonds is 5. The fourth-order valence-electron chi connectivity index (χ4n) is 2.96. The SMILES string of the molecule is CC(NS(=O)(=O)c1ccc2c(c1)OCCCO2)C(=O)NC1CCNCC1.Cl. The highest BCUT2D eigenvalue weighted by Gasteiger charge is 2.25. The first-order chi connectivity index (χ1) is 12.5. The summed E-state index contributed by atoms with van der Waals surface area (Å²) in [5.41, 5.74) is 0. The Morgan fingerprint density at radius 1 is 1.19 bits per heavy atom. The summed E-state index contributed by atoms with van der Waals surface area (Å²) in [5, 5.41) is 6.12. The normalized spacial score (nSPS) is 18.7. The summed E-state index contributed by atoms with van der Waals surface area (Å²) in [5.74, 6) is 0.602. The maximum Gasteiger partial charge on any atom is 0.241 e. The van der Waals surface area contributed by atoms with Crippen LogP contribution in [0.25, 0.3) is 0 Å². The summed E-state index contributed by atoms with van der Waals surface area (Å²) in [4.78, 5) is 12.3. The van der Waals surface area contributed by atoms with Crippen LogP contribution in [0.15, 0.2) is 23.1 Å². The first-order valence-electron chi connectivity index (χ1n) is 8.89. The zero-order valence-corrected chi connectivity index (χ0v) is 16.8. The zero-order valence-electron chi connectivity index (χ0n) is 15.2. The molecular formula is C17H26ClN3O5S. The lowest BCUT2D eigenvalue weighted by Gasteiger charge is -2.25. The highest BCUT2D eigenvalue weighted by atomic mass is 35.5. The fourth-order valence-corrected chi connectivity index (χ4v) is 4.18. The monoisotopic (exact) mass is 419 g/mol. The Kier molecular flexibility index (Phi) is 7.72. The number of piperidine rings is 1. The van der Waals surface area contributed by atoms with Crippen molar-refractivity contribution in [2.45, 2.75) is 43.2 Å². The molecule has 0 radical (unpaired) electrons. The predicted molar refractivity (Wildman–Crippen MR) is 103 cm³/mol. The molecule has 1 atom stereocenters. The number of halogens is 1. The van der Waals surface area contributed by atoms with Crippen LogP contribution >= 0.6 is 12.4 Å². The third kappa shape index (κ3) is 5.71. The summed E-state index contributed by atoms with van der Waals surface area (Å²) in [7, 11) is -3.85. The fraction of sp³-hybridized carbons (Fsp3) is 0.588. The Morgan fingerprint density at radius 2 is 1.85 bits per heavy atom. The summed E-state index contributed by atoms with van der Waals surface area (Å²) in [6.45, 7) is 4.24. The van der Waals surface area contributed by atoms with Gasteiger partial charge < -0.3 is 20.1 Å². The summed E-state index contributed by atoms with van der Waals surface area (Å²) in [6.07, 6.45) is 2.42. The molecule has 152 valence electrons. The lowest BCUT2D eigenvalue weighted by atomic mass is 10.1. The number of benzene rings is 1. The van der Waals surface area contributed by atoms with E-state index in [1.54, 1.807) is 6.07 Å². The van der Waals surface area contributed by atoms with Crippen molar-refractivity contribution in [1.29, 1.82) is 0 Å². The van der Waals surface area contributed by atoms with Gasteiger partial charge in [0.25, 0.3) is 0 Å². The minimum Gasteiger partial charge on any atom is -0.490 e. The Hall–Kier alpha value is -1.55. The second kappa shape index (κ2) is 9.59. The summed E-state index contributed by atoms with van der Waals surface area (Å²) >= 11 is 0. The van der Waals surface area contributed by atoms with Gasteiger partial charge in [-0.2, -0.15) is 4.72 Å². The number of hydrogen-bond donors (Lipinski definition) is 3. The van der Waals surface area contributed by atoms with E-state index in [1.807, 2.05) is 0 Å². The van der Waals surface area contributed by atoms with Gasteiger partial charge in [-0.15, -0.1) is 12.4 Å². The van der Waals surface area contributed by atoms with E-state index in [-0.39, 0.29) is 29.3 Å². The molecule has 2 aliphatic rings. The third-order valence-electron chi connectivity index (χ3n) is 4.44. The lowest BCUT2D eigenvalue weighted by Crippen LogP contribution is -2.50. The number of sulfonamides is 1. The van der Waals surface area contributed by atoms with Gasteiger partial charge in [-0.05, 0) is 45.0 Å². The van der Waals surface area contributed by atoms with E-state index in [2.05, 4.69) is 15.4 Å². The summed E-state index contributed by atoms with van der Waals surface area (Å²) in [6, 6.07) is 3.67. The van der Waals surface area contributed by atoms with Gasteiger partial charge >= 0.3 is 0 Å². The second-order valence-electron chi connectivity index (χ2n) is 6.53.